The molecule has 0 aliphatic carbocycles. The molecule has 0 spiro atoms. The van der Waals surface area contributed by atoms with Crippen LogP contribution in [-0.4, -0.2) is 18.2 Å². The van der Waals surface area contributed by atoms with Gasteiger partial charge in [-0.3, -0.25) is 0 Å². The fourth-order valence-electron chi connectivity index (χ4n) is 1.91. The Balaban J connectivity index is 2.09. The van der Waals surface area contributed by atoms with Gasteiger partial charge in [0.25, 0.3) is 0 Å². The molecule has 1 saturated heterocycles. The Labute approximate surface area is 83.9 Å². The fourth-order valence-corrected chi connectivity index (χ4v) is 1.91. The van der Waals surface area contributed by atoms with E-state index in [1.165, 1.54) is 0 Å². The molecule has 2 unspecified atom stereocenters. The van der Waals surface area contributed by atoms with Crippen LogP contribution in [0.1, 0.15) is 18.1 Å². The normalized spacial score (nSPS) is 23.6. The summed E-state index contributed by atoms with van der Waals surface area (Å²) in [6, 6.07) is 7.47. The number of nitrogens with one attached hydrogen (secondary N) is 1. The molecule has 3 heteroatoms. The molecule has 0 bridgehead atoms. The van der Waals surface area contributed by atoms with E-state index in [1.807, 2.05) is 24.3 Å². The average molecular weight is 192 g/mol. The van der Waals surface area contributed by atoms with Crippen molar-refractivity contribution in [1.82, 2.24) is 5.32 Å². The Hall–Kier alpha value is -1.06. The number of aliphatic hydroxyl groups excluding tert-OH is 1. The van der Waals surface area contributed by atoms with Crippen molar-refractivity contribution in [3.05, 3.63) is 29.8 Å². The minimum atomic E-state index is -0.356. The van der Waals surface area contributed by atoms with Gasteiger partial charge in [0.05, 0.1) is 6.10 Å². The van der Waals surface area contributed by atoms with Gasteiger partial charge < -0.3 is 16.2 Å². The highest BCUT2D eigenvalue weighted by molar-refractivity contribution is 5.39. The third kappa shape index (κ3) is 1.89. The summed E-state index contributed by atoms with van der Waals surface area (Å²) in [5.41, 5.74) is 7.29. The van der Waals surface area contributed by atoms with Crippen LogP contribution in [0.15, 0.2) is 24.3 Å². The maximum Gasteiger partial charge on any atom is 0.0830 e. The molecule has 1 aliphatic heterocycles. The molecule has 1 aromatic rings. The molecule has 0 amide bonds. The largest absolute Gasteiger partial charge is 0.399 e. The summed E-state index contributed by atoms with van der Waals surface area (Å²) in [6.45, 7) is 1.92. The van der Waals surface area contributed by atoms with Crippen molar-refractivity contribution in [3.8, 4) is 0 Å². The molecule has 2 rings (SSSR count). The zero-order chi connectivity index (χ0) is 9.97. The highest BCUT2D eigenvalue weighted by Gasteiger charge is 2.23. The molecule has 0 saturated carbocycles. The van der Waals surface area contributed by atoms with Crippen LogP contribution in [0.25, 0.3) is 0 Å². The first-order chi connectivity index (χ1) is 6.77. The van der Waals surface area contributed by atoms with Gasteiger partial charge in [0.15, 0.2) is 0 Å². The number of hydrogen-bond acceptors (Lipinski definition) is 3. The lowest BCUT2D eigenvalue weighted by Crippen LogP contribution is -2.16. The van der Waals surface area contributed by atoms with Crippen LogP contribution in [0.5, 0.6) is 0 Å². The molecule has 1 fully saturated rings. The van der Waals surface area contributed by atoms with Crippen molar-refractivity contribution in [2.24, 2.45) is 5.92 Å². The quantitative estimate of drug-likeness (QED) is 0.610. The van der Waals surface area contributed by atoms with Crippen molar-refractivity contribution in [3.63, 3.8) is 0 Å². The molecule has 4 N–H and O–H groups in total. The lowest BCUT2D eigenvalue weighted by Gasteiger charge is -2.17. The Morgan fingerprint density at radius 2 is 2.07 bits per heavy atom. The van der Waals surface area contributed by atoms with Gasteiger partial charge in [-0.25, -0.2) is 0 Å². The first-order valence-corrected chi connectivity index (χ1v) is 5.01. The molecule has 14 heavy (non-hydrogen) atoms. The van der Waals surface area contributed by atoms with Gasteiger partial charge in [-0.15, -0.1) is 0 Å². The van der Waals surface area contributed by atoms with Gasteiger partial charge in [0.1, 0.15) is 0 Å². The summed E-state index contributed by atoms with van der Waals surface area (Å²) in [5, 5.41) is 13.3. The summed E-state index contributed by atoms with van der Waals surface area (Å²) in [5.74, 6) is 0.346. The molecule has 1 aliphatic rings. The van der Waals surface area contributed by atoms with Crippen LogP contribution >= 0.6 is 0 Å². The zero-order valence-corrected chi connectivity index (χ0v) is 8.11. The minimum absolute atomic E-state index is 0.346. The van der Waals surface area contributed by atoms with Crippen LogP contribution in [0, 0.1) is 5.92 Å². The van der Waals surface area contributed by atoms with Crippen molar-refractivity contribution < 1.29 is 5.11 Å². The maximum atomic E-state index is 10.0. The summed E-state index contributed by atoms with van der Waals surface area (Å²) in [4.78, 5) is 0. The van der Waals surface area contributed by atoms with E-state index in [9.17, 15) is 5.11 Å². The smallest absolute Gasteiger partial charge is 0.0830 e. The fraction of sp³-hybridized carbons (Fsp3) is 0.455. The van der Waals surface area contributed by atoms with Gasteiger partial charge in [0.2, 0.25) is 0 Å². The number of nitrogen functional groups attached to an aromatic ring is 1. The van der Waals surface area contributed by atoms with E-state index in [2.05, 4.69) is 5.32 Å². The monoisotopic (exact) mass is 192 g/mol. The second-order valence-electron chi connectivity index (χ2n) is 3.86. The lowest BCUT2D eigenvalue weighted by molar-refractivity contribution is 0.118. The topological polar surface area (TPSA) is 58.3 Å². The Morgan fingerprint density at radius 3 is 2.64 bits per heavy atom. The van der Waals surface area contributed by atoms with E-state index < -0.39 is 0 Å². The number of aliphatic hydroxyl groups is 1. The standard InChI is InChI=1S/C11H16N2O/c12-10-3-1-8(2-4-10)11(14)9-5-6-13-7-9/h1-4,9,11,13-14H,5-7,12H2. The Bertz CT molecular complexity index is 291. The van der Waals surface area contributed by atoms with Gasteiger partial charge >= 0.3 is 0 Å². The van der Waals surface area contributed by atoms with Crippen molar-refractivity contribution in [2.75, 3.05) is 18.8 Å². The maximum absolute atomic E-state index is 10.0. The summed E-state index contributed by atoms with van der Waals surface area (Å²) in [7, 11) is 0. The van der Waals surface area contributed by atoms with E-state index in [4.69, 9.17) is 5.73 Å². The van der Waals surface area contributed by atoms with Gasteiger partial charge in [-0.05, 0) is 30.7 Å². The highest BCUT2D eigenvalue weighted by atomic mass is 16.3. The summed E-state index contributed by atoms with van der Waals surface area (Å²) in [6.07, 6.45) is 0.691. The third-order valence-electron chi connectivity index (χ3n) is 2.82. The molecular formula is C11H16N2O. The molecule has 0 aromatic heterocycles. The van der Waals surface area contributed by atoms with Crippen molar-refractivity contribution in [1.29, 1.82) is 0 Å². The second kappa shape index (κ2) is 3.98. The van der Waals surface area contributed by atoms with E-state index in [0.29, 0.717) is 5.92 Å². The van der Waals surface area contributed by atoms with Crippen LogP contribution in [0.4, 0.5) is 5.69 Å². The zero-order valence-electron chi connectivity index (χ0n) is 8.11. The summed E-state index contributed by atoms with van der Waals surface area (Å²) >= 11 is 0. The first kappa shape index (κ1) is 9.49. The van der Waals surface area contributed by atoms with Crippen LogP contribution in [0.2, 0.25) is 0 Å². The lowest BCUT2D eigenvalue weighted by atomic mass is 9.95. The molecule has 1 heterocycles. The number of benzene rings is 1. The molecule has 1 aromatic carbocycles. The van der Waals surface area contributed by atoms with E-state index in [1.54, 1.807) is 0 Å². The highest BCUT2D eigenvalue weighted by Crippen LogP contribution is 2.26. The van der Waals surface area contributed by atoms with Crippen LogP contribution in [0.3, 0.4) is 0 Å². The predicted molar refractivity (Wildman–Crippen MR) is 56.8 cm³/mol. The van der Waals surface area contributed by atoms with E-state index in [0.717, 1.165) is 30.8 Å². The average Bonchev–Trinajstić information content (AvgIpc) is 2.71. The Morgan fingerprint density at radius 1 is 1.36 bits per heavy atom. The molecule has 2 atom stereocenters. The second-order valence-corrected chi connectivity index (χ2v) is 3.86. The van der Waals surface area contributed by atoms with E-state index >= 15 is 0 Å². The Kier molecular flexibility index (Phi) is 2.70. The first-order valence-electron chi connectivity index (χ1n) is 5.01. The van der Waals surface area contributed by atoms with Crippen molar-refractivity contribution in [2.45, 2.75) is 12.5 Å². The van der Waals surface area contributed by atoms with Gasteiger partial charge in [-0.2, -0.15) is 0 Å². The van der Waals surface area contributed by atoms with Crippen molar-refractivity contribution >= 4 is 5.69 Å². The number of hydrogen-bond donors (Lipinski definition) is 3. The predicted octanol–water partition coefficient (Wildman–Crippen LogP) is 0.912. The van der Waals surface area contributed by atoms with Crippen LogP contribution < -0.4 is 11.1 Å². The molecule has 0 radical (unpaired) electrons. The molecule has 3 nitrogen and oxygen atoms in total. The number of anilines is 1. The van der Waals surface area contributed by atoms with Crippen LogP contribution in [-0.2, 0) is 0 Å². The number of rotatable bonds is 2. The minimum Gasteiger partial charge on any atom is -0.399 e. The summed E-state index contributed by atoms with van der Waals surface area (Å²) < 4.78 is 0. The van der Waals surface area contributed by atoms with Gasteiger partial charge in [-0.1, -0.05) is 12.1 Å². The van der Waals surface area contributed by atoms with E-state index in [-0.39, 0.29) is 6.10 Å². The third-order valence-corrected chi connectivity index (χ3v) is 2.82. The SMILES string of the molecule is Nc1ccc(C(O)C2CCNC2)cc1. The number of nitrogens with two attached hydrogens (primary N) is 1. The molecular weight excluding hydrogens is 176 g/mol. The molecule has 76 valence electrons. The van der Waals surface area contributed by atoms with Gasteiger partial charge in [0, 0.05) is 18.2 Å².